The van der Waals surface area contributed by atoms with Crippen LogP contribution >= 0.6 is 22.9 Å². The van der Waals surface area contributed by atoms with Gasteiger partial charge in [0.25, 0.3) is 0 Å². The lowest BCUT2D eigenvalue weighted by atomic mass is 9.86. The Kier molecular flexibility index (Phi) is 6.95. The number of nitrogens with zero attached hydrogens (tertiary/aromatic N) is 2. The molecule has 3 N–H and O–H groups in total. The Labute approximate surface area is 196 Å². The minimum absolute atomic E-state index is 0.0133. The van der Waals surface area contributed by atoms with E-state index >= 15 is 0 Å². The number of pyridine rings is 1. The van der Waals surface area contributed by atoms with Crippen molar-refractivity contribution >= 4 is 28.7 Å². The zero-order valence-corrected chi connectivity index (χ0v) is 19.2. The highest BCUT2D eigenvalue weighted by Crippen LogP contribution is 2.43. The van der Waals surface area contributed by atoms with Crippen LogP contribution in [0.2, 0.25) is 5.02 Å². The average molecular weight is 502 g/mol. The minimum atomic E-state index is -5.15. The summed E-state index contributed by atoms with van der Waals surface area (Å²) in [5.74, 6) is -1.29. The summed E-state index contributed by atoms with van der Waals surface area (Å²) in [6.07, 6.45) is -5.44. The van der Waals surface area contributed by atoms with Crippen LogP contribution in [0.25, 0.3) is 11.3 Å². The number of benzene rings is 1. The first-order valence-electron chi connectivity index (χ1n) is 9.70. The van der Waals surface area contributed by atoms with Crippen LogP contribution < -0.4 is 5.73 Å². The summed E-state index contributed by atoms with van der Waals surface area (Å²) in [6, 6.07) is 6.10. The van der Waals surface area contributed by atoms with E-state index < -0.39 is 47.5 Å². The molecule has 176 valence electrons. The van der Waals surface area contributed by atoms with Crippen LogP contribution in [-0.2, 0) is 11.1 Å². The first-order valence-corrected chi connectivity index (χ1v) is 11.0. The predicted octanol–water partition coefficient (Wildman–Crippen LogP) is 5.60. The van der Waals surface area contributed by atoms with Gasteiger partial charge < -0.3 is 10.8 Å². The molecule has 0 aliphatic carbocycles. The molecular formula is C22H20ClF4N3O2S. The van der Waals surface area contributed by atoms with Crippen LogP contribution in [0.5, 0.6) is 0 Å². The highest BCUT2D eigenvalue weighted by Gasteiger charge is 2.56. The van der Waals surface area contributed by atoms with Gasteiger partial charge in [0.15, 0.2) is 5.78 Å². The topological polar surface area (TPSA) is 89.1 Å². The fourth-order valence-corrected chi connectivity index (χ4v) is 3.87. The van der Waals surface area contributed by atoms with Crippen molar-refractivity contribution in [2.45, 2.75) is 44.0 Å². The second-order valence-electron chi connectivity index (χ2n) is 8.12. The van der Waals surface area contributed by atoms with E-state index in [0.29, 0.717) is 0 Å². The number of carbonyl (C=O) groups excluding carboxylic acids is 1. The van der Waals surface area contributed by atoms with E-state index in [1.165, 1.54) is 29.9 Å². The smallest absolute Gasteiger partial charge is 0.375 e. The Balaban J connectivity index is 2.12. The molecule has 0 radical (unpaired) electrons. The van der Waals surface area contributed by atoms with Gasteiger partial charge in [0.05, 0.1) is 26.8 Å². The zero-order valence-electron chi connectivity index (χ0n) is 17.6. The molecule has 0 amide bonds. The molecule has 0 spiro atoms. The molecule has 0 fully saturated rings. The van der Waals surface area contributed by atoms with Gasteiger partial charge in [-0.25, -0.2) is 9.37 Å². The van der Waals surface area contributed by atoms with Gasteiger partial charge in [-0.05, 0) is 56.2 Å². The molecule has 0 saturated heterocycles. The molecule has 1 unspecified atom stereocenters. The van der Waals surface area contributed by atoms with Gasteiger partial charge in [0, 0.05) is 23.7 Å². The number of ketones is 1. The molecule has 33 heavy (non-hydrogen) atoms. The number of thiazole rings is 1. The highest BCUT2D eigenvalue weighted by atomic mass is 35.5. The summed E-state index contributed by atoms with van der Waals surface area (Å²) in [5.41, 5.74) is 2.76. The monoisotopic (exact) mass is 501 g/mol. The molecule has 0 saturated carbocycles. The van der Waals surface area contributed by atoms with Crippen LogP contribution in [0.1, 0.15) is 47.6 Å². The van der Waals surface area contributed by atoms with E-state index in [1.54, 1.807) is 13.8 Å². The van der Waals surface area contributed by atoms with Crippen LogP contribution in [-0.4, -0.2) is 27.0 Å². The minimum Gasteiger partial charge on any atom is -0.375 e. The fourth-order valence-electron chi connectivity index (χ4n) is 3.10. The van der Waals surface area contributed by atoms with Crippen molar-refractivity contribution in [2.24, 2.45) is 5.73 Å². The third-order valence-corrected chi connectivity index (χ3v) is 6.20. The van der Waals surface area contributed by atoms with Crippen molar-refractivity contribution in [3.05, 3.63) is 69.0 Å². The van der Waals surface area contributed by atoms with Crippen molar-refractivity contribution in [3.63, 3.8) is 0 Å². The normalized spacial score (nSPS) is 14.2. The summed E-state index contributed by atoms with van der Waals surface area (Å²) in [6.45, 7) is 3.15. The molecule has 11 heteroatoms. The van der Waals surface area contributed by atoms with E-state index in [1.807, 2.05) is 0 Å². The average Bonchev–Trinajstić information content (AvgIpc) is 3.27. The number of nitrogens with two attached hydrogens (primary N) is 1. The summed E-state index contributed by atoms with van der Waals surface area (Å²) in [7, 11) is 0. The molecule has 0 bridgehead atoms. The predicted molar refractivity (Wildman–Crippen MR) is 117 cm³/mol. The maximum absolute atomic E-state index is 14.1. The lowest BCUT2D eigenvalue weighted by molar-refractivity contribution is -0.270. The van der Waals surface area contributed by atoms with E-state index in [0.717, 1.165) is 23.5 Å². The Morgan fingerprint density at radius 3 is 2.45 bits per heavy atom. The van der Waals surface area contributed by atoms with Crippen molar-refractivity contribution in [1.29, 1.82) is 0 Å². The number of hydrogen-bond donors (Lipinski definition) is 2. The molecule has 3 rings (SSSR count). The quantitative estimate of drug-likeness (QED) is 0.325. The number of alkyl halides is 3. The maximum Gasteiger partial charge on any atom is 0.422 e. The molecule has 1 aromatic carbocycles. The highest BCUT2D eigenvalue weighted by molar-refractivity contribution is 7.11. The van der Waals surface area contributed by atoms with Gasteiger partial charge in [-0.3, -0.25) is 9.78 Å². The molecular weight excluding hydrogens is 482 g/mol. The second-order valence-corrected chi connectivity index (χ2v) is 9.42. The Morgan fingerprint density at radius 2 is 1.91 bits per heavy atom. The summed E-state index contributed by atoms with van der Waals surface area (Å²) in [4.78, 5) is 20.3. The fraction of sp³-hybridized carbons (Fsp3) is 0.318. The van der Waals surface area contributed by atoms with Crippen molar-refractivity contribution in [3.8, 4) is 11.3 Å². The first kappa shape index (κ1) is 25.2. The molecule has 5 nitrogen and oxygen atoms in total. The number of hydrogen-bond acceptors (Lipinski definition) is 6. The van der Waals surface area contributed by atoms with Crippen molar-refractivity contribution < 1.29 is 27.5 Å². The van der Waals surface area contributed by atoms with Gasteiger partial charge in [0.1, 0.15) is 5.82 Å². The Bertz CT molecular complexity index is 1160. The maximum atomic E-state index is 14.1. The second kappa shape index (κ2) is 9.09. The Hall–Kier alpha value is -2.40. The standard InChI is InChI=1S/C22H20ClF4N3O2S/c1-20(2,28)13-8-16(12-3-4-15(24)14(23)7-12)30-19(9-13)21(32,22(25,26)27)6-5-17(31)18-10-29-11-33-18/h3-4,7-11,32H,5-6,28H2,1-2H3. The Morgan fingerprint density at radius 1 is 1.21 bits per heavy atom. The van der Waals surface area contributed by atoms with Crippen molar-refractivity contribution in [2.75, 3.05) is 0 Å². The number of aliphatic hydroxyl groups is 1. The third kappa shape index (κ3) is 5.40. The molecule has 3 aromatic rings. The summed E-state index contributed by atoms with van der Waals surface area (Å²) in [5, 5.41) is 10.6. The van der Waals surface area contributed by atoms with Crippen LogP contribution in [0.15, 0.2) is 42.0 Å². The van der Waals surface area contributed by atoms with Crippen LogP contribution in [0, 0.1) is 5.82 Å². The van der Waals surface area contributed by atoms with Gasteiger partial charge in [0.2, 0.25) is 5.60 Å². The largest absolute Gasteiger partial charge is 0.422 e. The zero-order chi connectivity index (χ0) is 24.6. The number of aromatic nitrogens is 2. The number of carbonyl (C=O) groups is 1. The van der Waals surface area contributed by atoms with Gasteiger partial charge in [-0.1, -0.05) is 11.6 Å². The lowest BCUT2D eigenvalue weighted by Crippen LogP contribution is -2.44. The van der Waals surface area contributed by atoms with Crippen molar-refractivity contribution in [1.82, 2.24) is 9.97 Å². The molecule has 0 aliphatic rings. The van der Waals surface area contributed by atoms with E-state index in [9.17, 15) is 27.5 Å². The van der Waals surface area contributed by atoms with Gasteiger partial charge >= 0.3 is 6.18 Å². The molecule has 0 aliphatic heterocycles. The lowest BCUT2D eigenvalue weighted by Gasteiger charge is -2.32. The number of Topliss-reactive ketones (excluding diaryl/α,β-unsaturated/α-hetero) is 1. The molecule has 2 aromatic heterocycles. The van der Waals surface area contributed by atoms with E-state index in [4.69, 9.17) is 17.3 Å². The van der Waals surface area contributed by atoms with Gasteiger partial charge in [-0.15, -0.1) is 11.3 Å². The van der Waals surface area contributed by atoms with Crippen LogP contribution in [0.3, 0.4) is 0 Å². The van der Waals surface area contributed by atoms with E-state index in [2.05, 4.69) is 9.97 Å². The first-order chi connectivity index (χ1) is 15.2. The number of halogens is 5. The van der Waals surface area contributed by atoms with E-state index in [-0.39, 0.29) is 26.7 Å². The SMILES string of the molecule is CC(C)(N)c1cc(-c2ccc(F)c(Cl)c2)nc(C(O)(CCC(=O)c2cncs2)C(F)(F)F)c1. The number of rotatable bonds is 7. The summed E-state index contributed by atoms with van der Waals surface area (Å²) < 4.78 is 56.1. The molecule has 2 heterocycles. The molecule has 1 atom stereocenters. The summed E-state index contributed by atoms with van der Waals surface area (Å²) >= 11 is 6.82. The third-order valence-electron chi connectivity index (χ3n) is 5.10. The van der Waals surface area contributed by atoms with Crippen LogP contribution in [0.4, 0.5) is 17.6 Å². The van der Waals surface area contributed by atoms with Gasteiger partial charge in [-0.2, -0.15) is 13.2 Å².